The quantitative estimate of drug-likeness (QED) is 0.682. The van der Waals surface area contributed by atoms with Crippen LogP contribution in [0.2, 0.25) is 0 Å². The van der Waals surface area contributed by atoms with Crippen molar-refractivity contribution >= 4 is 23.5 Å². The number of ketones is 1. The number of amides is 2. The first-order valence-corrected chi connectivity index (χ1v) is 10.8. The van der Waals surface area contributed by atoms with E-state index in [1.54, 1.807) is 19.1 Å². The molecular weight excluding hydrogens is 368 g/mol. The minimum atomic E-state index is -0.711. The fraction of sp³-hybridized carbons (Fsp3) is 0.609. The zero-order valence-electron chi connectivity index (χ0n) is 17.0. The molecule has 4 saturated carbocycles. The summed E-state index contributed by atoms with van der Waals surface area (Å²) in [7, 11) is 0. The maximum Gasteiger partial charge on any atom is 0.319 e. The van der Waals surface area contributed by atoms with Gasteiger partial charge in [0.1, 0.15) is 0 Å². The van der Waals surface area contributed by atoms with Gasteiger partial charge in [-0.2, -0.15) is 0 Å². The van der Waals surface area contributed by atoms with Crippen molar-refractivity contribution in [3.05, 3.63) is 30.3 Å². The normalized spacial score (nSPS) is 30.4. The molecular formula is C23H30N2O4. The van der Waals surface area contributed by atoms with E-state index >= 15 is 0 Å². The van der Waals surface area contributed by atoms with Gasteiger partial charge in [0.25, 0.3) is 0 Å². The van der Waals surface area contributed by atoms with E-state index in [0.717, 1.165) is 19.3 Å². The molecule has 0 radical (unpaired) electrons. The van der Waals surface area contributed by atoms with Gasteiger partial charge in [-0.3, -0.25) is 9.59 Å². The van der Waals surface area contributed by atoms with E-state index in [1.807, 2.05) is 18.2 Å². The third-order valence-electron chi connectivity index (χ3n) is 6.88. The number of hydrogen-bond donors (Lipinski definition) is 2. The van der Waals surface area contributed by atoms with Gasteiger partial charge in [0, 0.05) is 17.6 Å². The van der Waals surface area contributed by atoms with Crippen LogP contribution in [-0.2, 0) is 14.3 Å². The summed E-state index contributed by atoms with van der Waals surface area (Å²) < 4.78 is 5.44. The Labute approximate surface area is 171 Å². The van der Waals surface area contributed by atoms with Gasteiger partial charge in [-0.25, -0.2) is 4.79 Å². The van der Waals surface area contributed by atoms with E-state index in [0.29, 0.717) is 23.4 Å². The minimum Gasteiger partial charge on any atom is -0.455 e. The van der Waals surface area contributed by atoms with Gasteiger partial charge >= 0.3 is 12.0 Å². The summed E-state index contributed by atoms with van der Waals surface area (Å²) in [6.45, 7) is 1.87. The van der Waals surface area contributed by atoms with Crippen molar-refractivity contribution in [1.82, 2.24) is 5.32 Å². The van der Waals surface area contributed by atoms with Crippen molar-refractivity contribution in [3.63, 3.8) is 0 Å². The Morgan fingerprint density at radius 1 is 1.03 bits per heavy atom. The molecule has 5 rings (SSSR count). The van der Waals surface area contributed by atoms with Crippen LogP contribution in [0.15, 0.2) is 30.3 Å². The number of carbonyl (C=O) groups excluding carboxylic acids is 3. The maximum atomic E-state index is 13.2. The Morgan fingerprint density at radius 2 is 1.62 bits per heavy atom. The van der Waals surface area contributed by atoms with Gasteiger partial charge < -0.3 is 15.4 Å². The Balaban J connectivity index is 1.21. The van der Waals surface area contributed by atoms with Gasteiger partial charge in [0.2, 0.25) is 0 Å². The average Bonchev–Trinajstić information content (AvgIpc) is 2.67. The van der Waals surface area contributed by atoms with E-state index in [-0.39, 0.29) is 30.2 Å². The van der Waals surface area contributed by atoms with Crippen molar-refractivity contribution in [2.24, 2.45) is 23.2 Å². The van der Waals surface area contributed by atoms with Gasteiger partial charge in [-0.1, -0.05) is 18.2 Å². The predicted molar refractivity (Wildman–Crippen MR) is 109 cm³/mol. The lowest BCUT2D eigenvalue weighted by molar-refractivity contribution is -0.164. The van der Waals surface area contributed by atoms with E-state index in [1.165, 1.54) is 19.3 Å². The molecule has 6 heteroatoms. The Morgan fingerprint density at radius 3 is 2.21 bits per heavy atom. The fourth-order valence-electron chi connectivity index (χ4n) is 6.13. The largest absolute Gasteiger partial charge is 0.455 e. The fourth-order valence-corrected chi connectivity index (χ4v) is 6.13. The van der Waals surface area contributed by atoms with Crippen molar-refractivity contribution in [3.8, 4) is 0 Å². The Hall–Kier alpha value is -2.37. The van der Waals surface area contributed by atoms with Crippen LogP contribution >= 0.6 is 0 Å². The standard InChI is InChI=1S/C23H30N2O4/c1-15(21(27)23-12-16-9-17(13-23)11-18(10-16)14-23)29-20(26)7-8-24-22(28)25-19-5-3-2-4-6-19/h2-6,15-18H,7-14H2,1H3,(H2,24,25,28). The molecule has 4 bridgehead atoms. The molecule has 0 heterocycles. The Kier molecular flexibility index (Phi) is 5.61. The molecule has 6 nitrogen and oxygen atoms in total. The van der Waals surface area contributed by atoms with Crippen LogP contribution < -0.4 is 10.6 Å². The van der Waals surface area contributed by atoms with Gasteiger partial charge in [-0.05, 0) is 75.3 Å². The minimum absolute atomic E-state index is 0.0424. The molecule has 0 spiro atoms. The smallest absolute Gasteiger partial charge is 0.319 e. The highest BCUT2D eigenvalue weighted by Gasteiger charge is 2.55. The number of rotatable bonds is 7. The number of ether oxygens (including phenoxy) is 1. The number of para-hydroxylation sites is 1. The highest BCUT2D eigenvalue weighted by atomic mass is 16.5. The first-order chi connectivity index (χ1) is 13.9. The number of Topliss-reactive ketones (excluding diaryl/α,β-unsaturated/α-hetero) is 1. The van der Waals surface area contributed by atoms with Crippen LogP contribution in [0.4, 0.5) is 10.5 Å². The molecule has 0 saturated heterocycles. The predicted octanol–water partition coefficient (Wildman–Crippen LogP) is 3.92. The molecule has 4 fully saturated rings. The lowest BCUT2D eigenvalue weighted by atomic mass is 9.48. The van der Waals surface area contributed by atoms with Crippen molar-refractivity contribution < 1.29 is 19.1 Å². The maximum absolute atomic E-state index is 13.2. The number of benzene rings is 1. The van der Waals surface area contributed by atoms with E-state index < -0.39 is 12.1 Å². The average molecular weight is 399 g/mol. The number of urea groups is 1. The number of anilines is 1. The summed E-state index contributed by atoms with van der Waals surface area (Å²) in [6.07, 6.45) is 6.08. The van der Waals surface area contributed by atoms with Crippen molar-refractivity contribution in [2.75, 3.05) is 11.9 Å². The lowest BCUT2D eigenvalue weighted by Crippen LogP contribution is -2.52. The molecule has 2 amide bonds. The van der Waals surface area contributed by atoms with Crippen molar-refractivity contribution in [2.45, 2.75) is 58.0 Å². The summed E-state index contributed by atoms with van der Waals surface area (Å²) in [4.78, 5) is 37.2. The third-order valence-corrected chi connectivity index (χ3v) is 6.88. The number of hydrogen-bond acceptors (Lipinski definition) is 4. The van der Waals surface area contributed by atoms with Gasteiger partial charge in [0.15, 0.2) is 11.9 Å². The van der Waals surface area contributed by atoms with Crippen LogP contribution in [-0.4, -0.2) is 30.4 Å². The summed E-state index contributed by atoms with van der Waals surface area (Å²) >= 11 is 0. The first kappa shape index (κ1) is 19.9. The second-order valence-electron chi connectivity index (χ2n) is 9.19. The summed E-state index contributed by atoms with van der Waals surface area (Å²) in [5, 5.41) is 5.33. The first-order valence-electron chi connectivity index (χ1n) is 10.8. The molecule has 1 atom stereocenters. The molecule has 1 unspecified atom stereocenters. The van der Waals surface area contributed by atoms with E-state index in [2.05, 4.69) is 10.6 Å². The summed E-state index contributed by atoms with van der Waals surface area (Å²) in [6, 6.07) is 8.72. The number of nitrogens with one attached hydrogen (secondary N) is 2. The molecule has 1 aromatic carbocycles. The monoisotopic (exact) mass is 398 g/mol. The van der Waals surface area contributed by atoms with Gasteiger partial charge in [0.05, 0.1) is 6.42 Å². The molecule has 4 aliphatic rings. The van der Waals surface area contributed by atoms with Crippen LogP contribution in [0, 0.1) is 23.2 Å². The van der Waals surface area contributed by atoms with Crippen LogP contribution in [0.25, 0.3) is 0 Å². The molecule has 0 aliphatic heterocycles. The van der Waals surface area contributed by atoms with Gasteiger partial charge in [-0.15, -0.1) is 0 Å². The van der Waals surface area contributed by atoms with Crippen LogP contribution in [0.5, 0.6) is 0 Å². The number of carbonyl (C=O) groups is 3. The zero-order chi connectivity index (χ0) is 20.4. The van der Waals surface area contributed by atoms with Crippen molar-refractivity contribution in [1.29, 1.82) is 0 Å². The Bertz CT molecular complexity index is 741. The lowest BCUT2D eigenvalue weighted by Gasteiger charge is -2.56. The molecule has 0 aromatic heterocycles. The topological polar surface area (TPSA) is 84.5 Å². The summed E-state index contributed by atoms with van der Waals surface area (Å²) in [5.74, 6) is 1.71. The third kappa shape index (κ3) is 4.46. The molecule has 4 aliphatic carbocycles. The van der Waals surface area contributed by atoms with E-state index in [9.17, 15) is 14.4 Å². The number of esters is 1. The second kappa shape index (κ2) is 8.17. The SMILES string of the molecule is CC(OC(=O)CCNC(=O)Nc1ccccc1)C(=O)C12CC3CC(CC(C3)C1)C2. The second-order valence-corrected chi connectivity index (χ2v) is 9.19. The summed E-state index contributed by atoms with van der Waals surface area (Å²) in [5.41, 5.74) is 0.421. The molecule has 156 valence electrons. The highest BCUT2D eigenvalue weighted by molar-refractivity contribution is 5.91. The zero-order valence-corrected chi connectivity index (χ0v) is 17.0. The van der Waals surface area contributed by atoms with Crippen LogP contribution in [0.3, 0.4) is 0 Å². The van der Waals surface area contributed by atoms with E-state index in [4.69, 9.17) is 4.74 Å². The van der Waals surface area contributed by atoms with Crippen LogP contribution in [0.1, 0.15) is 51.9 Å². The molecule has 1 aromatic rings. The molecule has 29 heavy (non-hydrogen) atoms. The molecule has 2 N–H and O–H groups in total. The highest BCUT2D eigenvalue weighted by Crippen LogP contribution is 2.60.